The van der Waals surface area contributed by atoms with E-state index in [0.717, 1.165) is 79.6 Å². The van der Waals surface area contributed by atoms with Gasteiger partial charge < -0.3 is 25.2 Å². The first-order valence-corrected chi connectivity index (χ1v) is 18.3. The number of hydrogen-bond acceptors (Lipinski definition) is 8. The molecule has 2 aromatic carbocycles. The Bertz CT molecular complexity index is 2240. The van der Waals surface area contributed by atoms with E-state index in [1.54, 1.807) is 35.2 Å². The van der Waals surface area contributed by atoms with Crippen molar-refractivity contribution >= 4 is 51.9 Å². The van der Waals surface area contributed by atoms with Crippen molar-refractivity contribution in [3.8, 4) is 10.6 Å². The lowest BCUT2D eigenvalue weighted by atomic mass is 9.73. The second-order valence-electron chi connectivity index (χ2n) is 13.9. The number of rotatable bonds is 6. The first kappa shape index (κ1) is 34.6. The van der Waals surface area contributed by atoms with Crippen LogP contribution in [0.4, 0.5) is 31.7 Å². The van der Waals surface area contributed by atoms with Gasteiger partial charge in [0, 0.05) is 60.9 Å². The van der Waals surface area contributed by atoms with E-state index in [2.05, 4.69) is 15.5 Å². The van der Waals surface area contributed by atoms with Crippen LogP contribution in [0.15, 0.2) is 72.8 Å². The molecule has 8 rings (SSSR count). The van der Waals surface area contributed by atoms with Crippen molar-refractivity contribution < 1.29 is 27.9 Å². The van der Waals surface area contributed by atoms with Crippen LogP contribution in [0, 0.1) is 30.9 Å². The third-order valence-electron chi connectivity index (χ3n) is 10.2. The maximum absolute atomic E-state index is 14.3. The van der Waals surface area contributed by atoms with Gasteiger partial charge in [-0.2, -0.15) is 0 Å². The van der Waals surface area contributed by atoms with Gasteiger partial charge in [-0.15, -0.1) is 11.3 Å². The number of anilines is 4. The summed E-state index contributed by atoms with van der Waals surface area (Å²) in [5, 5.41) is 5.34. The van der Waals surface area contributed by atoms with Gasteiger partial charge in [-0.05, 0) is 105 Å². The van der Waals surface area contributed by atoms with E-state index < -0.39 is 23.2 Å². The number of thiophene rings is 1. The van der Waals surface area contributed by atoms with E-state index in [9.17, 15) is 23.2 Å². The normalized spacial score (nSPS) is 15.9. The number of ether oxygens (including phenoxy) is 1. The van der Waals surface area contributed by atoms with Crippen LogP contribution in [-0.4, -0.2) is 60.5 Å². The van der Waals surface area contributed by atoms with Gasteiger partial charge in [-0.25, -0.2) is 13.8 Å². The van der Waals surface area contributed by atoms with Gasteiger partial charge in [-0.3, -0.25) is 19.4 Å². The van der Waals surface area contributed by atoms with Crippen LogP contribution < -0.4 is 20.4 Å². The number of fused-ring (bicyclic) bond motifs is 3. The lowest BCUT2D eigenvalue weighted by molar-refractivity contribution is -0.000519. The molecule has 2 N–H and O–H groups in total. The molecule has 13 heteroatoms. The molecule has 53 heavy (non-hydrogen) atoms. The van der Waals surface area contributed by atoms with Gasteiger partial charge in [0.15, 0.2) is 0 Å². The number of amides is 3. The van der Waals surface area contributed by atoms with Crippen molar-refractivity contribution in [2.24, 2.45) is 5.41 Å². The summed E-state index contributed by atoms with van der Waals surface area (Å²) in [5.41, 5.74) is 4.66. The van der Waals surface area contributed by atoms with E-state index in [0.29, 0.717) is 51.9 Å². The quantitative estimate of drug-likeness (QED) is 0.187. The van der Waals surface area contributed by atoms with Crippen molar-refractivity contribution in [3.05, 3.63) is 117 Å². The van der Waals surface area contributed by atoms with Crippen LogP contribution in [-0.2, 0) is 11.2 Å². The Hall–Kier alpha value is -5.53. The maximum atomic E-state index is 14.3. The van der Waals surface area contributed by atoms with Crippen LogP contribution in [0.1, 0.15) is 60.2 Å². The number of benzene rings is 2. The predicted octanol–water partition coefficient (Wildman–Crippen LogP) is 7.42. The summed E-state index contributed by atoms with van der Waals surface area (Å²) < 4.78 is 34.1. The van der Waals surface area contributed by atoms with Crippen LogP contribution in [0.25, 0.3) is 10.6 Å². The zero-order chi connectivity index (χ0) is 36.9. The number of nitrogens with one attached hydrogen (secondary N) is 2. The molecule has 2 fully saturated rings. The molecule has 0 radical (unpaired) electrons. The molecule has 1 spiro atoms. The summed E-state index contributed by atoms with van der Waals surface area (Å²) in [6.45, 7) is 7.28. The Morgan fingerprint density at radius 2 is 1.55 bits per heavy atom. The number of hydrogen-bond donors (Lipinski definition) is 2. The summed E-state index contributed by atoms with van der Waals surface area (Å²) in [6, 6.07) is 19.2. The van der Waals surface area contributed by atoms with Crippen LogP contribution in [0.2, 0.25) is 0 Å². The minimum atomic E-state index is -0.868. The number of para-hydroxylation sites is 1. The molecule has 3 aliphatic heterocycles. The van der Waals surface area contributed by atoms with Crippen LogP contribution in [0.3, 0.4) is 0 Å². The molecule has 0 atom stereocenters. The summed E-state index contributed by atoms with van der Waals surface area (Å²) in [5.74, 6) is -2.22. The van der Waals surface area contributed by atoms with Crippen molar-refractivity contribution in [3.63, 3.8) is 0 Å². The highest BCUT2D eigenvalue weighted by atomic mass is 32.1. The SMILES string of the molecule is Cc1ccc2c(n1)-c1sc(C(=O)Nc3c(F)cccc3F)cc1CCN2C(=O)c1ccc(NC(=O)c2ccc(C)nc2N2CC3(CCOCC3)C2)cc1. The molecule has 10 nitrogen and oxygen atoms in total. The van der Waals surface area contributed by atoms with E-state index >= 15 is 0 Å². The standard InChI is InChI=1S/C40H36F2N6O4S/c1-23-7-13-31-34(43-23)35-26(20-32(53-35)38(50)46-33-29(41)4-3-5-30(33)42)14-17-48(31)39(51)25-8-10-27(11-9-25)45-37(49)28-12-6-24(2)44-36(28)47-21-40(22-47)15-18-52-19-16-40/h3-13,20H,14-19,21-22H2,1-2H3,(H,45,49)(H,46,50). The zero-order valence-corrected chi connectivity index (χ0v) is 30.0. The van der Waals surface area contributed by atoms with Crippen LogP contribution >= 0.6 is 11.3 Å². The number of halogens is 2. The van der Waals surface area contributed by atoms with E-state index in [4.69, 9.17) is 14.7 Å². The van der Waals surface area contributed by atoms with Gasteiger partial charge in [0.1, 0.15) is 28.8 Å². The molecule has 3 amide bonds. The largest absolute Gasteiger partial charge is 0.381 e. The second kappa shape index (κ2) is 13.8. The molecular weight excluding hydrogens is 699 g/mol. The third kappa shape index (κ3) is 6.66. The summed E-state index contributed by atoms with van der Waals surface area (Å²) in [4.78, 5) is 55.0. The fourth-order valence-corrected chi connectivity index (χ4v) is 8.37. The molecule has 270 valence electrons. The van der Waals surface area contributed by atoms with Gasteiger partial charge in [-0.1, -0.05) is 6.07 Å². The Morgan fingerprint density at radius 3 is 2.28 bits per heavy atom. The number of aryl methyl sites for hydroxylation is 2. The summed E-state index contributed by atoms with van der Waals surface area (Å²) in [6.07, 6.45) is 2.44. The first-order chi connectivity index (χ1) is 25.6. The lowest BCUT2D eigenvalue weighted by Crippen LogP contribution is -2.59. The summed E-state index contributed by atoms with van der Waals surface area (Å²) >= 11 is 1.16. The average Bonchev–Trinajstić information content (AvgIpc) is 3.51. The number of carbonyl (C=O) groups is 3. The first-order valence-electron chi connectivity index (χ1n) is 17.5. The summed E-state index contributed by atoms with van der Waals surface area (Å²) in [7, 11) is 0. The smallest absolute Gasteiger partial charge is 0.265 e. The van der Waals surface area contributed by atoms with Gasteiger partial charge >= 0.3 is 0 Å². The molecule has 0 bridgehead atoms. The minimum Gasteiger partial charge on any atom is -0.381 e. The topological polar surface area (TPSA) is 117 Å². The monoisotopic (exact) mass is 734 g/mol. The van der Waals surface area contributed by atoms with E-state index in [1.165, 1.54) is 6.07 Å². The molecule has 0 aliphatic carbocycles. The van der Waals surface area contributed by atoms with Crippen molar-refractivity contribution in [1.29, 1.82) is 0 Å². The molecule has 0 saturated carbocycles. The maximum Gasteiger partial charge on any atom is 0.265 e. The number of nitrogens with zero attached hydrogens (tertiary/aromatic N) is 4. The van der Waals surface area contributed by atoms with E-state index in [-0.39, 0.29) is 22.1 Å². The zero-order valence-electron chi connectivity index (χ0n) is 29.2. The fourth-order valence-electron chi connectivity index (χ4n) is 7.26. The Kier molecular flexibility index (Phi) is 8.99. The molecule has 0 unspecified atom stereocenters. The van der Waals surface area contributed by atoms with Gasteiger partial charge in [0.2, 0.25) is 0 Å². The van der Waals surface area contributed by atoms with Crippen LogP contribution in [0.5, 0.6) is 0 Å². The van der Waals surface area contributed by atoms with Crippen molar-refractivity contribution in [1.82, 2.24) is 9.97 Å². The number of aromatic nitrogens is 2. The Labute approximate surface area is 308 Å². The molecule has 3 aliphatic rings. The molecule has 3 aromatic heterocycles. The Morgan fingerprint density at radius 1 is 0.849 bits per heavy atom. The second-order valence-corrected chi connectivity index (χ2v) is 14.9. The predicted molar refractivity (Wildman–Crippen MR) is 200 cm³/mol. The number of pyridine rings is 2. The molecule has 5 aromatic rings. The van der Waals surface area contributed by atoms with Crippen molar-refractivity contribution in [2.75, 3.05) is 53.3 Å². The molecular formula is C40H36F2N6O4S. The van der Waals surface area contributed by atoms with E-state index in [1.807, 2.05) is 38.1 Å². The van der Waals surface area contributed by atoms with Gasteiger partial charge in [0.25, 0.3) is 17.7 Å². The minimum absolute atomic E-state index is 0.222. The highest BCUT2D eigenvalue weighted by Gasteiger charge is 2.45. The highest BCUT2D eigenvalue weighted by Crippen LogP contribution is 2.43. The Balaban J connectivity index is 0.989. The molecule has 2 saturated heterocycles. The molecule has 6 heterocycles. The lowest BCUT2D eigenvalue weighted by Gasteiger charge is -2.53. The van der Waals surface area contributed by atoms with Gasteiger partial charge in [0.05, 0.1) is 21.0 Å². The average molecular weight is 735 g/mol. The fraction of sp³-hybridized carbons (Fsp3) is 0.275. The highest BCUT2D eigenvalue weighted by molar-refractivity contribution is 7.17. The number of carbonyl (C=O) groups excluding carboxylic acids is 3. The third-order valence-corrected chi connectivity index (χ3v) is 11.3. The van der Waals surface area contributed by atoms with Crippen molar-refractivity contribution in [2.45, 2.75) is 33.1 Å².